The molecule has 0 radical (unpaired) electrons. The predicted molar refractivity (Wildman–Crippen MR) is 135 cm³/mol. The lowest BCUT2D eigenvalue weighted by molar-refractivity contribution is -0.199. The summed E-state index contributed by atoms with van der Waals surface area (Å²) in [5.74, 6) is 0.465. The Balaban J connectivity index is 1.25. The van der Waals surface area contributed by atoms with Gasteiger partial charge in [-0.2, -0.15) is 0 Å². The molecule has 5 aliphatic rings. The summed E-state index contributed by atoms with van der Waals surface area (Å²) in [5.41, 5.74) is 0.950. The molecule has 6 atom stereocenters. The van der Waals surface area contributed by atoms with Crippen LogP contribution in [0.25, 0.3) is 4.85 Å². The first kappa shape index (κ1) is 25.1. The Kier molecular flexibility index (Phi) is 6.77. The van der Waals surface area contributed by atoms with Gasteiger partial charge >= 0.3 is 19.1 Å². The molecule has 9 heteroatoms. The van der Waals surface area contributed by atoms with Crippen LogP contribution in [0.4, 0.5) is 4.79 Å². The molecule has 6 rings (SSSR count). The largest absolute Gasteiger partial charge is 0.482 e. The van der Waals surface area contributed by atoms with Crippen LogP contribution < -0.4 is 5.32 Å². The summed E-state index contributed by atoms with van der Waals surface area (Å²) in [6.45, 7) is 14.3. The Morgan fingerprint density at radius 2 is 2.06 bits per heavy atom. The number of likely N-dealkylation sites (tertiary alicyclic amines) is 1. The van der Waals surface area contributed by atoms with Crippen molar-refractivity contribution in [3.8, 4) is 0 Å². The first-order chi connectivity index (χ1) is 17.2. The molecule has 8 nitrogen and oxygen atoms in total. The Bertz CT molecular complexity index is 1030. The fraction of sp³-hybridized carbons (Fsp3) is 0.667. The number of carbonyl (C=O) groups excluding carboxylic acids is 2. The Morgan fingerprint density at radius 1 is 1.28 bits per heavy atom. The van der Waals surface area contributed by atoms with E-state index in [2.05, 4.69) is 30.9 Å². The third-order valence-corrected chi connectivity index (χ3v) is 9.22. The second-order valence-corrected chi connectivity index (χ2v) is 11.6. The summed E-state index contributed by atoms with van der Waals surface area (Å²) < 4.78 is 18.7. The van der Waals surface area contributed by atoms with Crippen molar-refractivity contribution in [2.45, 2.75) is 76.6 Å². The van der Waals surface area contributed by atoms with E-state index in [-0.39, 0.29) is 42.2 Å². The second kappa shape index (κ2) is 9.72. The lowest BCUT2D eigenvalue weighted by Crippen LogP contribution is -2.65. The molecule has 1 aromatic carbocycles. The highest BCUT2D eigenvalue weighted by molar-refractivity contribution is 6.47. The fourth-order valence-corrected chi connectivity index (χ4v) is 7.02. The Hall–Kier alpha value is -2.57. The molecule has 0 aromatic heterocycles. The van der Waals surface area contributed by atoms with Crippen LogP contribution in [0.2, 0.25) is 0 Å². The van der Waals surface area contributed by atoms with Crippen molar-refractivity contribution in [3.05, 3.63) is 47.3 Å². The average Bonchev–Trinajstić information content (AvgIpc) is 3.46. The summed E-state index contributed by atoms with van der Waals surface area (Å²) in [7, 11) is -0.564. The van der Waals surface area contributed by atoms with E-state index in [9.17, 15) is 9.59 Å². The van der Waals surface area contributed by atoms with E-state index in [1.807, 2.05) is 30.3 Å². The van der Waals surface area contributed by atoms with Crippen molar-refractivity contribution >= 4 is 19.1 Å². The number of amides is 2. The van der Waals surface area contributed by atoms with Crippen molar-refractivity contribution in [1.82, 2.24) is 10.2 Å². The van der Waals surface area contributed by atoms with E-state index < -0.39 is 19.2 Å². The van der Waals surface area contributed by atoms with Gasteiger partial charge in [-0.1, -0.05) is 44.2 Å². The maximum atomic E-state index is 12.9. The summed E-state index contributed by atoms with van der Waals surface area (Å²) >= 11 is 0. The average molecular weight is 493 g/mol. The number of carbonyl (C=O) groups is 2. The van der Waals surface area contributed by atoms with Gasteiger partial charge in [0, 0.05) is 6.54 Å². The third-order valence-electron chi connectivity index (χ3n) is 9.22. The highest BCUT2D eigenvalue weighted by atomic mass is 16.7. The number of hydrogen-bond donors (Lipinski definition) is 1. The molecule has 1 aromatic rings. The Labute approximate surface area is 214 Å². The van der Waals surface area contributed by atoms with Crippen molar-refractivity contribution in [2.24, 2.45) is 17.3 Å². The third kappa shape index (κ3) is 4.50. The van der Waals surface area contributed by atoms with Crippen LogP contribution in [0, 0.1) is 23.8 Å². The van der Waals surface area contributed by atoms with Crippen LogP contribution in [0.15, 0.2) is 30.3 Å². The second-order valence-electron chi connectivity index (χ2n) is 11.6. The van der Waals surface area contributed by atoms with Gasteiger partial charge in [-0.15, -0.1) is 0 Å². The summed E-state index contributed by atoms with van der Waals surface area (Å²) in [5, 5.41) is 3.01. The molecule has 5 fully saturated rings. The lowest BCUT2D eigenvalue weighted by Gasteiger charge is -2.64. The first-order valence-corrected chi connectivity index (χ1v) is 13.2. The van der Waals surface area contributed by atoms with Gasteiger partial charge in [0.05, 0.1) is 23.7 Å². The van der Waals surface area contributed by atoms with E-state index in [1.165, 1.54) is 6.42 Å². The maximum Gasteiger partial charge on any atom is 0.482 e. The van der Waals surface area contributed by atoms with Gasteiger partial charge in [-0.05, 0) is 61.8 Å². The standard InChI is InChI=1S/C27H36BN3O5/c1-26(2)19-14-21(26)27(3)22(15-19)35-28(36-27)23(13-18-9-6-5-7-10-18)30-25(33)34-17-20-11-8-12-31(20)24(32)16-29-4/h5-7,9-10,19-23H,8,11-17H2,1-3H3,(H,30,33)/t19-,20+,21-,22+,23-,27-/m0/s1. The fourth-order valence-electron chi connectivity index (χ4n) is 7.02. The van der Waals surface area contributed by atoms with Gasteiger partial charge in [-0.25, -0.2) is 11.4 Å². The molecule has 2 amide bonds. The smallest absolute Gasteiger partial charge is 0.447 e. The van der Waals surface area contributed by atoms with Crippen LogP contribution in [-0.4, -0.2) is 67.4 Å². The van der Waals surface area contributed by atoms with Gasteiger partial charge in [0.1, 0.15) is 6.61 Å². The quantitative estimate of drug-likeness (QED) is 0.465. The highest BCUT2D eigenvalue weighted by Gasteiger charge is 2.68. The minimum atomic E-state index is -0.564. The molecule has 0 unspecified atom stereocenters. The normalized spacial score (nSPS) is 32.7. The van der Waals surface area contributed by atoms with Gasteiger partial charge in [0.2, 0.25) is 0 Å². The summed E-state index contributed by atoms with van der Waals surface area (Å²) in [4.78, 5) is 30.0. The molecule has 0 spiro atoms. The number of ether oxygens (including phenoxy) is 1. The number of alkyl carbamates (subject to hydrolysis) is 1. The van der Waals surface area contributed by atoms with E-state index >= 15 is 0 Å². The van der Waals surface area contributed by atoms with Gasteiger partial charge in [-0.3, -0.25) is 4.79 Å². The molecule has 3 aliphatic carbocycles. The summed E-state index contributed by atoms with van der Waals surface area (Å²) in [6.07, 6.45) is 3.79. The minimum absolute atomic E-state index is 0.0240. The zero-order valence-electron chi connectivity index (χ0n) is 21.4. The predicted octanol–water partition coefficient (Wildman–Crippen LogP) is 3.50. The van der Waals surface area contributed by atoms with Crippen molar-refractivity contribution < 1.29 is 23.6 Å². The van der Waals surface area contributed by atoms with Crippen LogP contribution >= 0.6 is 0 Å². The maximum absolute atomic E-state index is 12.9. The topological polar surface area (TPSA) is 81.5 Å². The molecule has 2 bridgehead atoms. The van der Waals surface area contributed by atoms with Crippen molar-refractivity contribution in [1.29, 1.82) is 0 Å². The van der Waals surface area contributed by atoms with E-state index in [0.29, 0.717) is 24.8 Å². The van der Waals surface area contributed by atoms with Gasteiger partial charge in [0.15, 0.2) is 0 Å². The zero-order valence-corrected chi connectivity index (χ0v) is 21.4. The number of nitrogens with zero attached hydrogens (tertiary/aromatic N) is 2. The van der Waals surface area contributed by atoms with Crippen molar-refractivity contribution in [2.75, 3.05) is 19.7 Å². The van der Waals surface area contributed by atoms with Crippen molar-refractivity contribution in [3.63, 3.8) is 0 Å². The number of benzene rings is 1. The van der Waals surface area contributed by atoms with Gasteiger partial charge < -0.3 is 29.1 Å². The number of hydrogen-bond acceptors (Lipinski definition) is 5. The lowest BCUT2D eigenvalue weighted by atomic mass is 9.43. The molecular weight excluding hydrogens is 457 g/mol. The number of rotatable bonds is 7. The van der Waals surface area contributed by atoms with Gasteiger partial charge in [0.25, 0.3) is 6.54 Å². The monoisotopic (exact) mass is 493 g/mol. The van der Waals surface area contributed by atoms with E-state index in [0.717, 1.165) is 24.8 Å². The molecule has 36 heavy (non-hydrogen) atoms. The van der Waals surface area contributed by atoms with E-state index in [4.69, 9.17) is 20.6 Å². The number of nitrogens with one attached hydrogen (secondary N) is 1. The molecule has 3 saturated carbocycles. The van der Waals surface area contributed by atoms with Crippen LogP contribution in [0.5, 0.6) is 0 Å². The van der Waals surface area contributed by atoms with Crippen LogP contribution in [0.1, 0.15) is 52.0 Å². The molecule has 192 valence electrons. The minimum Gasteiger partial charge on any atom is -0.447 e. The summed E-state index contributed by atoms with van der Waals surface area (Å²) in [6, 6.07) is 9.80. The van der Waals surface area contributed by atoms with Crippen LogP contribution in [0.3, 0.4) is 0 Å². The molecule has 1 N–H and O–H groups in total. The highest BCUT2D eigenvalue weighted by Crippen LogP contribution is 2.65. The van der Waals surface area contributed by atoms with E-state index in [1.54, 1.807) is 4.90 Å². The molecule has 2 aliphatic heterocycles. The molecular formula is C27H36BN3O5. The first-order valence-electron chi connectivity index (χ1n) is 13.2. The molecule has 2 heterocycles. The Morgan fingerprint density at radius 3 is 2.78 bits per heavy atom. The SMILES string of the molecule is [C-]#[N+]CC(=O)N1CCC[C@@H]1COC(=O)N[C@@H](Cc1ccccc1)B1O[C@@H]2C[C@@H]3C[C@@H](C3(C)C)[C@]2(C)O1. The van der Waals surface area contributed by atoms with Crippen LogP contribution in [-0.2, 0) is 25.3 Å². The molecule has 2 saturated heterocycles. The zero-order chi connectivity index (χ0) is 25.5.